The van der Waals surface area contributed by atoms with Gasteiger partial charge in [0.1, 0.15) is 6.61 Å². The highest BCUT2D eigenvalue weighted by Crippen LogP contribution is 2.16. The Balaban J connectivity index is 1.86. The summed E-state index contributed by atoms with van der Waals surface area (Å²) in [7, 11) is -3.85. The molecule has 6 heteroatoms. The van der Waals surface area contributed by atoms with Crippen LogP contribution in [0.25, 0.3) is 0 Å². The molecule has 0 bridgehead atoms. The molecule has 144 valence electrons. The lowest BCUT2D eigenvalue weighted by molar-refractivity contribution is 0.286. The third-order valence-electron chi connectivity index (χ3n) is 4.06. The predicted molar refractivity (Wildman–Crippen MR) is 115 cm³/mol. The van der Waals surface area contributed by atoms with Crippen LogP contribution in [-0.4, -0.2) is 14.3 Å². The second-order valence-electron chi connectivity index (χ2n) is 6.35. The van der Waals surface area contributed by atoms with Crippen molar-refractivity contribution in [3.05, 3.63) is 100 Å². The molecule has 0 saturated heterocycles. The molecule has 0 amide bonds. The van der Waals surface area contributed by atoms with Gasteiger partial charge in [-0.1, -0.05) is 76.1 Å². The van der Waals surface area contributed by atoms with Crippen LogP contribution in [0.1, 0.15) is 16.7 Å². The van der Waals surface area contributed by atoms with Crippen LogP contribution in [0.3, 0.4) is 0 Å². The number of sulfonamides is 1. The van der Waals surface area contributed by atoms with Crippen LogP contribution in [-0.2, 0) is 27.8 Å². The SMILES string of the molecule is Cc1ccc(S(=O)(=O)/N=C(\Cc2ccccc2)OCc2ccc(Br)cc2)cc1. The molecule has 4 nitrogen and oxygen atoms in total. The van der Waals surface area contributed by atoms with E-state index in [0.717, 1.165) is 21.2 Å². The molecular weight excluding hydrogens is 438 g/mol. The van der Waals surface area contributed by atoms with Gasteiger partial charge in [-0.25, -0.2) is 0 Å². The van der Waals surface area contributed by atoms with Gasteiger partial charge >= 0.3 is 0 Å². The minimum absolute atomic E-state index is 0.149. The molecule has 0 heterocycles. The maximum absolute atomic E-state index is 12.7. The molecule has 0 fully saturated rings. The van der Waals surface area contributed by atoms with Crippen molar-refractivity contribution in [3.63, 3.8) is 0 Å². The van der Waals surface area contributed by atoms with Crippen LogP contribution < -0.4 is 0 Å². The van der Waals surface area contributed by atoms with Crippen molar-refractivity contribution in [1.82, 2.24) is 0 Å². The largest absolute Gasteiger partial charge is 0.475 e. The summed E-state index contributed by atoms with van der Waals surface area (Å²) in [5.41, 5.74) is 2.84. The number of halogens is 1. The number of benzene rings is 3. The number of hydrogen-bond acceptors (Lipinski definition) is 3. The first-order chi connectivity index (χ1) is 13.4. The van der Waals surface area contributed by atoms with Gasteiger partial charge in [-0.15, -0.1) is 4.40 Å². The van der Waals surface area contributed by atoms with Crippen molar-refractivity contribution >= 4 is 31.9 Å². The van der Waals surface area contributed by atoms with Crippen molar-refractivity contribution < 1.29 is 13.2 Å². The fourth-order valence-electron chi connectivity index (χ4n) is 2.52. The van der Waals surface area contributed by atoms with Gasteiger partial charge in [0.15, 0.2) is 0 Å². The van der Waals surface area contributed by atoms with E-state index in [2.05, 4.69) is 20.3 Å². The average Bonchev–Trinajstić information content (AvgIpc) is 2.68. The first kappa shape index (κ1) is 20.3. The molecule has 0 spiro atoms. The predicted octanol–water partition coefficient (Wildman–Crippen LogP) is 5.30. The highest BCUT2D eigenvalue weighted by Gasteiger charge is 2.16. The Morgan fingerprint density at radius 1 is 0.893 bits per heavy atom. The minimum atomic E-state index is -3.85. The first-order valence-electron chi connectivity index (χ1n) is 8.74. The van der Waals surface area contributed by atoms with Gasteiger partial charge in [0.2, 0.25) is 5.90 Å². The summed E-state index contributed by atoms with van der Waals surface area (Å²) >= 11 is 3.40. The first-order valence-corrected chi connectivity index (χ1v) is 11.0. The highest BCUT2D eigenvalue weighted by molar-refractivity contribution is 9.10. The molecule has 0 unspecified atom stereocenters. The van der Waals surface area contributed by atoms with Crippen molar-refractivity contribution in [2.45, 2.75) is 24.8 Å². The zero-order chi connectivity index (χ0) is 20.0. The van der Waals surface area contributed by atoms with Crippen molar-refractivity contribution in [2.75, 3.05) is 0 Å². The molecule has 28 heavy (non-hydrogen) atoms. The quantitative estimate of drug-likeness (QED) is 0.372. The minimum Gasteiger partial charge on any atom is -0.475 e. The standard InChI is InChI=1S/C22H20BrNO3S/c1-17-7-13-21(14-8-17)28(25,26)24-22(15-18-5-3-2-4-6-18)27-16-19-9-11-20(23)12-10-19/h2-14H,15-16H2,1H3/b24-22+. The normalized spacial score (nSPS) is 12.0. The second kappa shape index (κ2) is 9.17. The van der Waals surface area contributed by atoms with E-state index in [4.69, 9.17) is 4.74 Å². The van der Waals surface area contributed by atoms with E-state index in [1.807, 2.05) is 61.5 Å². The van der Waals surface area contributed by atoms with Crippen molar-refractivity contribution in [3.8, 4) is 0 Å². The summed E-state index contributed by atoms with van der Waals surface area (Å²) in [5, 5.41) is 0. The highest BCUT2D eigenvalue weighted by atomic mass is 79.9. The van der Waals surface area contributed by atoms with E-state index < -0.39 is 10.0 Å². The van der Waals surface area contributed by atoms with Crippen LogP contribution in [0.15, 0.2) is 92.6 Å². The van der Waals surface area contributed by atoms with E-state index in [1.165, 1.54) is 0 Å². The fraction of sp³-hybridized carbons (Fsp3) is 0.136. The van der Waals surface area contributed by atoms with Gasteiger partial charge in [0.25, 0.3) is 10.0 Å². The second-order valence-corrected chi connectivity index (χ2v) is 8.87. The fourth-order valence-corrected chi connectivity index (χ4v) is 3.76. The summed E-state index contributed by atoms with van der Waals surface area (Å²) in [4.78, 5) is 0.149. The van der Waals surface area contributed by atoms with Gasteiger partial charge in [-0.05, 0) is 42.3 Å². The molecule has 0 aliphatic rings. The Labute approximate surface area is 174 Å². The zero-order valence-corrected chi connectivity index (χ0v) is 17.8. The van der Waals surface area contributed by atoms with Gasteiger partial charge in [-0.3, -0.25) is 0 Å². The van der Waals surface area contributed by atoms with Crippen molar-refractivity contribution in [1.29, 1.82) is 0 Å². The van der Waals surface area contributed by atoms with Gasteiger partial charge < -0.3 is 4.74 Å². The van der Waals surface area contributed by atoms with Gasteiger partial charge in [-0.2, -0.15) is 8.42 Å². The van der Waals surface area contributed by atoms with Crippen LogP contribution in [0, 0.1) is 6.92 Å². The third kappa shape index (κ3) is 5.78. The van der Waals surface area contributed by atoms with Crippen LogP contribution in [0.2, 0.25) is 0 Å². The van der Waals surface area contributed by atoms with E-state index >= 15 is 0 Å². The molecule has 0 N–H and O–H groups in total. The number of nitrogens with zero attached hydrogens (tertiary/aromatic N) is 1. The molecule has 3 aromatic rings. The molecule has 3 rings (SSSR count). The van der Waals surface area contributed by atoms with E-state index in [0.29, 0.717) is 6.42 Å². The summed E-state index contributed by atoms with van der Waals surface area (Å²) in [5.74, 6) is 0.162. The topological polar surface area (TPSA) is 55.7 Å². The lowest BCUT2D eigenvalue weighted by Gasteiger charge is -2.10. The summed E-state index contributed by atoms with van der Waals surface area (Å²) in [6.07, 6.45) is 0.294. The molecular formula is C22H20BrNO3S. The Morgan fingerprint density at radius 2 is 1.54 bits per heavy atom. The van der Waals surface area contributed by atoms with Gasteiger partial charge in [0.05, 0.1) is 4.90 Å². The molecule has 0 atom stereocenters. The van der Waals surface area contributed by atoms with Crippen LogP contribution in [0.5, 0.6) is 0 Å². The molecule has 3 aromatic carbocycles. The van der Waals surface area contributed by atoms with Gasteiger partial charge in [0, 0.05) is 10.9 Å². The smallest absolute Gasteiger partial charge is 0.285 e. The Morgan fingerprint density at radius 3 is 2.18 bits per heavy atom. The molecule has 0 aliphatic heterocycles. The van der Waals surface area contributed by atoms with Crippen LogP contribution >= 0.6 is 15.9 Å². The van der Waals surface area contributed by atoms with Crippen molar-refractivity contribution in [2.24, 2.45) is 4.40 Å². The third-order valence-corrected chi connectivity index (χ3v) is 5.90. The van der Waals surface area contributed by atoms with E-state index in [9.17, 15) is 8.42 Å². The number of aryl methyl sites for hydroxylation is 1. The molecule has 0 aromatic heterocycles. The maximum atomic E-state index is 12.7. The lowest BCUT2D eigenvalue weighted by Crippen LogP contribution is -2.12. The van der Waals surface area contributed by atoms with E-state index in [-0.39, 0.29) is 17.4 Å². The molecule has 0 radical (unpaired) electrons. The van der Waals surface area contributed by atoms with Crippen LogP contribution in [0.4, 0.5) is 0 Å². The molecule has 0 saturated carbocycles. The Kier molecular flexibility index (Phi) is 6.65. The number of ether oxygens (including phenoxy) is 1. The number of rotatable bonds is 6. The monoisotopic (exact) mass is 457 g/mol. The lowest BCUT2D eigenvalue weighted by atomic mass is 10.1. The Bertz CT molecular complexity index is 1050. The summed E-state index contributed by atoms with van der Waals surface area (Å²) in [6, 6.07) is 23.8. The Hall–Kier alpha value is -2.44. The summed E-state index contributed by atoms with van der Waals surface area (Å²) < 4.78 is 36.2. The van der Waals surface area contributed by atoms with E-state index in [1.54, 1.807) is 24.3 Å². The molecule has 0 aliphatic carbocycles. The maximum Gasteiger partial charge on any atom is 0.285 e. The summed E-state index contributed by atoms with van der Waals surface area (Å²) in [6.45, 7) is 2.14. The zero-order valence-electron chi connectivity index (χ0n) is 15.4. The average molecular weight is 458 g/mol. The number of hydrogen-bond donors (Lipinski definition) is 0.